The van der Waals surface area contributed by atoms with Crippen molar-refractivity contribution in [1.82, 2.24) is 20.3 Å². The third kappa shape index (κ3) is 4.09. The summed E-state index contributed by atoms with van der Waals surface area (Å²) in [6, 6.07) is 2.26. The van der Waals surface area contributed by atoms with Crippen LogP contribution in [0, 0.1) is 13.8 Å². The second kappa shape index (κ2) is 8.39. The van der Waals surface area contributed by atoms with Crippen LogP contribution in [0.5, 0.6) is 0 Å². The first-order chi connectivity index (χ1) is 13.6. The Morgan fingerprint density at radius 3 is 2.50 bits per heavy atom. The number of rotatable bonds is 3. The Morgan fingerprint density at radius 1 is 1.07 bits per heavy atom. The highest BCUT2D eigenvalue weighted by molar-refractivity contribution is 5.97. The summed E-state index contributed by atoms with van der Waals surface area (Å²) in [7, 11) is 0. The van der Waals surface area contributed by atoms with Crippen LogP contribution in [-0.4, -0.2) is 53.2 Å². The van der Waals surface area contributed by atoms with Crippen molar-refractivity contribution < 1.29 is 9.53 Å². The molecule has 1 amide bonds. The summed E-state index contributed by atoms with van der Waals surface area (Å²) >= 11 is 0. The molecule has 7 heteroatoms. The summed E-state index contributed by atoms with van der Waals surface area (Å²) in [4.78, 5) is 29.0. The van der Waals surface area contributed by atoms with Gasteiger partial charge < -0.3 is 15.0 Å². The molecule has 0 unspecified atom stereocenters. The molecule has 3 heterocycles. The Morgan fingerprint density at radius 2 is 1.79 bits per heavy atom. The molecule has 4 rings (SSSR count). The van der Waals surface area contributed by atoms with Crippen molar-refractivity contribution in [3.8, 4) is 0 Å². The van der Waals surface area contributed by atoms with E-state index in [9.17, 15) is 4.79 Å². The lowest BCUT2D eigenvalue weighted by atomic mass is 10.1. The van der Waals surface area contributed by atoms with E-state index in [1.807, 2.05) is 13.0 Å². The molecule has 1 N–H and O–H groups in total. The third-order valence-electron chi connectivity index (χ3n) is 5.68. The van der Waals surface area contributed by atoms with E-state index in [0.29, 0.717) is 18.9 Å². The van der Waals surface area contributed by atoms with Gasteiger partial charge in [0.1, 0.15) is 5.82 Å². The van der Waals surface area contributed by atoms with Gasteiger partial charge in [-0.05, 0) is 38.3 Å². The van der Waals surface area contributed by atoms with Crippen LogP contribution in [-0.2, 0) is 4.74 Å². The number of fused-ring (bicyclic) bond motifs is 1. The number of carbonyl (C=O) groups excluding carboxylic acids is 1. The molecule has 7 nitrogen and oxygen atoms in total. The summed E-state index contributed by atoms with van der Waals surface area (Å²) in [6.45, 7) is 6.83. The number of hydrogen-bond acceptors (Lipinski definition) is 6. The lowest BCUT2D eigenvalue weighted by Gasteiger charge is -2.29. The minimum Gasteiger partial charge on any atom is -0.378 e. The van der Waals surface area contributed by atoms with E-state index in [-0.39, 0.29) is 17.8 Å². The van der Waals surface area contributed by atoms with E-state index >= 15 is 0 Å². The first-order valence-electron chi connectivity index (χ1n) is 10.4. The van der Waals surface area contributed by atoms with Crippen LogP contribution >= 0.6 is 0 Å². The maximum atomic E-state index is 13.0. The second-order valence-electron chi connectivity index (χ2n) is 7.91. The predicted octanol–water partition coefficient (Wildman–Crippen LogP) is 2.93. The molecule has 0 atom stereocenters. The van der Waals surface area contributed by atoms with E-state index in [1.54, 1.807) is 0 Å². The Kier molecular flexibility index (Phi) is 5.71. The maximum absolute atomic E-state index is 13.0. The van der Waals surface area contributed by atoms with Gasteiger partial charge in [0.25, 0.3) is 5.91 Å². The molecule has 0 spiro atoms. The molecule has 1 aliphatic carbocycles. The molecule has 1 saturated heterocycles. The molecule has 2 aromatic rings. The van der Waals surface area contributed by atoms with Crippen molar-refractivity contribution >= 4 is 22.8 Å². The fraction of sp³-hybridized carbons (Fsp3) is 0.619. The van der Waals surface area contributed by atoms with Crippen LogP contribution in [0.4, 0.5) is 5.82 Å². The van der Waals surface area contributed by atoms with E-state index in [4.69, 9.17) is 9.72 Å². The average molecular weight is 383 g/mol. The fourth-order valence-electron chi connectivity index (χ4n) is 4.24. The van der Waals surface area contributed by atoms with E-state index in [0.717, 1.165) is 48.4 Å². The van der Waals surface area contributed by atoms with Crippen LogP contribution in [0.3, 0.4) is 0 Å². The Labute approximate surface area is 165 Å². The van der Waals surface area contributed by atoms with E-state index < -0.39 is 0 Å². The number of ether oxygens (including phenoxy) is 1. The van der Waals surface area contributed by atoms with Gasteiger partial charge in [-0.25, -0.2) is 15.0 Å². The zero-order valence-electron chi connectivity index (χ0n) is 16.8. The Bertz CT molecular complexity index is 855. The van der Waals surface area contributed by atoms with Gasteiger partial charge in [0.15, 0.2) is 5.65 Å². The highest BCUT2D eigenvalue weighted by Gasteiger charge is 2.23. The number of nitrogens with zero attached hydrogens (tertiary/aromatic N) is 4. The fourth-order valence-corrected chi connectivity index (χ4v) is 4.24. The third-order valence-corrected chi connectivity index (χ3v) is 5.68. The monoisotopic (exact) mass is 383 g/mol. The van der Waals surface area contributed by atoms with Gasteiger partial charge >= 0.3 is 0 Å². The van der Waals surface area contributed by atoms with Gasteiger partial charge in [0.2, 0.25) is 5.82 Å². The van der Waals surface area contributed by atoms with E-state index in [2.05, 4.69) is 27.1 Å². The van der Waals surface area contributed by atoms with Crippen molar-refractivity contribution in [2.24, 2.45) is 0 Å². The second-order valence-corrected chi connectivity index (χ2v) is 7.91. The predicted molar refractivity (Wildman–Crippen MR) is 109 cm³/mol. The molecule has 0 aromatic carbocycles. The van der Waals surface area contributed by atoms with Crippen molar-refractivity contribution in [1.29, 1.82) is 0 Å². The van der Waals surface area contributed by atoms with E-state index in [1.165, 1.54) is 25.7 Å². The standard InChI is InChI=1S/C21H29N5O2/c1-14-13-15(2)22-18-17(14)20(26-9-11-28-12-10-26)25-19(24-18)21(27)23-16-7-5-3-4-6-8-16/h13,16H,3-12H2,1-2H3,(H,23,27). The zero-order valence-corrected chi connectivity index (χ0v) is 16.8. The smallest absolute Gasteiger partial charge is 0.289 e. The average Bonchev–Trinajstić information content (AvgIpc) is 2.96. The highest BCUT2D eigenvalue weighted by atomic mass is 16.5. The van der Waals surface area contributed by atoms with Crippen molar-refractivity contribution in [3.05, 3.63) is 23.1 Å². The van der Waals surface area contributed by atoms with Gasteiger partial charge in [-0.1, -0.05) is 25.7 Å². The molecule has 2 fully saturated rings. The van der Waals surface area contributed by atoms with Crippen molar-refractivity contribution in [2.45, 2.75) is 58.4 Å². The summed E-state index contributed by atoms with van der Waals surface area (Å²) in [6.07, 6.45) is 6.91. The normalized spacial score (nSPS) is 18.9. The molecule has 28 heavy (non-hydrogen) atoms. The SMILES string of the molecule is Cc1cc(C)c2c(N3CCOCC3)nc(C(=O)NC3CCCCCC3)nc2n1. The Balaban J connectivity index is 1.70. The lowest BCUT2D eigenvalue weighted by molar-refractivity contribution is 0.0923. The molecule has 2 aliphatic rings. The highest BCUT2D eigenvalue weighted by Crippen LogP contribution is 2.27. The molecular weight excluding hydrogens is 354 g/mol. The minimum atomic E-state index is -0.190. The topological polar surface area (TPSA) is 80.2 Å². The first-order valence-corrected chi connectivity index (χ1v) is 10.4. The van der Waals surface area contributed by atoms with Gasteiger partial charge in [0.05, 0.1) is 18.6 Å². The number of aromatic nitrogens is 3. The number of aryl methyl sites for hydroxylation is 2. The molecule has 2 aromatic heterocycles. The summed E-state index contributed by atoms with van der Waals surface area (Å²) in [5, 5.41) is 4.09. The Hall–Kier alpha value is -2.28. The summed E-state index contributed by atoms with van der Waals surface area (Å²) in [5.41, 5.74) is 2.58. The molecule has 0 radical (unpaired) electrons. The summed E-state index contributed by atoms with van der Waals surface area (Å²) in [5.74, 6) is 0.823. The number of morpholine rings is 1. The molecule has 1 saturated carbocycles. The van der Waals surface area contributed by atoms with Crippen LogP contribution in [0.1, 0.15) is 60.4 Å². The quantitative estimate of drug-likeness (QED) is 0.821. The van der Waals surface area contributed by atoms with Crippen LogP contribution in [0.15, 0.2) is 6.07 Å². The maximum Gasteiger partial charge on any atom is 0.289 e. The van der Waals surface area contributed by atoms with Gasteiger partial charge in [-0.15, -0.1) is 0 Å². The summed E-state index contributed by atoms with van der Waals surface area (Å²) < 4.78 is 5.49. The number of hydrogen-bond donors (Lipinski definition) is 1. The van der Waals surface area contributed by atoms with Crippen LogP contribution in [0.25, 0.3) is 11.0 Å². The first kappa shape index (κ1) is 19.1. The van der Waals surface area contributed by atoms with Crippen LogP contribution < -0.4 is 10.2 Å². The number of carbonyl (C=O) groups is 1. The molecule has 0 bridgehead atoms. The minimum absolute atomic E-state index is 0.190. The number of nitrogens with one attached hydrogen (secondary N) is 1. The molecular formula is C21H29N5O2. The number of anilines is 1. The van der Waals surface area contributed by atoms with Crippen molar-refractivity contribution in [3.63, 3.8) is 0 Å². The number of pyridine rings is 1. The largest absolute Gasteiger partial charge is 0.378 e. The zero-order chi connectivity index (χ0) is 19.5. The molecule has 1 aliphatic heterocycles. The van der Waals surface area contributed by atoms with Gasteiger partial charge in [-0.2, -0.15) is 0 Å². The van der Waals surface area contributed by atoms with Gasteiger partial charge in [0, 0.05) is 24.8 Å². The van der Waals surface area contributed by atoms with Gasteiger partial charge in [-0.3, -0.25) is 4.79 Å². The lowest BCUT2D eigenvalue weighted by Crippen LogP contribution is -2.38. The van der Waals surface area contributed by atoms with Crippen LogP contribution in [0.2, 0.25) is 0 Å². The van der Waals surface area contributed by atoms with Crippen molar-refractivity contribution in [2.75, 3.05) is 31.2 Å². The number of amides is 1. The molecule has 150 valence electrons.